The highest BCUT2D eigenvalue weighted by molar-refractivity contribution is 8.16. The number of nitrogens with zero attached hydrogens (tertiary/aromatic N) is 1. The van der Waals surface area contributed by atoms with E-state index >= 15 is 0 Å². The molecule has 7 heteroatoms. The molecule has 0 saturated carbocycles. The van der Waals surface area contributed by atoms with Gasteiger partial charge in [0.1, 0.15) is 0 Å². The van der Waals surface area contributed by atoms with Crippen LogP contribution in [0.25, 0.3) is 0 Å². The third-order valence-corrected chi connectivity index (χ3v) is 4.15. The lowest BCUT2D eigenvalue weighted by atomic mass is 10.6. The van der Waals surface area contributed by atoms with E-state index in [-0.39, 0.29) is 5.91 Å². The van der Waals surface area contributed by atoms with Crippen LogP contribution in [-0.2, 0) is 14.5 Å². The summed E-state index contributed by atoms with van der Waals surface area (Å²) in [5.74, 6) is 2.70. The summed E-state index contributed by atoms with van der Waals surface area (Å²) >= 11 is 4.12. The molecule has 1 aliphatic heterocycles. The van der Waals surface area contributed by atoms with Gasteiger partial charge >= 0.3 is 0 Å². The smallest absolute Gasteiger partial charge is 0.242 e. The summed E-state index contributed by atoms with van der Waals surface area (Å²) < 4.78 is 0. The second-order valence-corrected chi connectivity index (χ2v) is 5.47. The first kappa shape index (κ1) is 19.4. The molecular formula is C10H24N2O3S2. The number of hydroxylamine groups is 3. The number of rotatable bonds is 2. The first-order valence-corrected chi connectivity index (χ1v) is 7.54. The number of hydrogen-bond donors (Lipinski definition) is 1. The molecule has 1 rings (SSSR count). The third kappa shape index (κ3) is 18.6. The van der Waals surface area contributed by atoms with Crippen molar-refractivity contribution in [2.24, 2.45) is 0 Å². The summed E-state index contributed by atoms with van der Waals surface area (Å²) in [4.78, 5) is 19.0. The van der Waals surface area contributed by atoms with Gasteiger partial charge in [-0.1, -0.05) is 0 Å². The van der Waals surface area contributed by atoms with Crippen molar-refractivity contribution in [1.82, 2.24) is 10.5 Å². The number of nitrogens with one attached hydrogen (secondary N) is 1. The fourth-order valence-corrected chi connectivity index (χ4v) is 2.86. The Morgan fingerprint density at radius 3 is 1.82 bits per heavy atom. The van der Waals surface area contributed by atoms with Gasteiger partial charge in [0.25, 0.3) is 0 Å². The van der Waals surface area contributed by atoms with Gasteiger partial charge in [0, 0.05) is 26.1 Å². The minimum atomic E-state index is -0.0949. The number of hydrogen-bond acceptors (Lipinski definition) is 6. The molecule has 0 bridgehead atoms. The second kappa shape index (κ2) is 16.1. The second-order valence-electron chi connectivity index (χ2n) is 2.90. The molecule has 0 aromatic heterocycles. The van der Waals surface area contributed by atoms with E-state index in [2.05, 4.69) is 38.7 Å². The first-order valence-electron chi connectivity index (χ1n) is 5.23. The van der Waals surface area contributed by atoms with E-state index < -0.39 is 0 Å². The van der Waals surface area contributed by atoms with Crippen molar-refractivity contribution in [3.63, 3.8) is 0 Å². The number of carbonyl (C=O) groups is 1. The molecule has 1 N–H and O–H groups in total. The molecule has 1 heterocycles. The highest BCUT2D eigenvalue weighted by atomic mass is 32.2. The molecule has 0 aromatic carbocycles. The Kier molecular flexibility index (Phi) is 18.3. The summed E-state index contributed by atoms with van der Waals surface area (Å²) in [5, 5.41) is 2.49. The van der Waals surface area contributed by atoms with E-state index in [4.69, 9.17) is 0 Å². The zero-order chi connectivity index (χ0) is 13.5. The van der Waals surface area contributed by atoms with Gasteiger partial charge in [-0.15, -0.1) is 0 Å². The Morgan fingerprint density at radius 1 is 1.29 bits per heavy atom. The van der Waals surface area contributed by atoms with Gasteiger partial charge < -0.3 is 4.84 Å². The molecule has 1 saturated heterocycles. The van der Waals surface area contributed by atoms with Crippen molar-refractivity contribution in [2.75, 3.05) is 44.9 Å². The zero-order valence-electron chi connectivity index (χ0n) is 11.3. The van der Waals surface area contributed by atoms with Crippen LogP contribution in [0.4, 0.5) is 0 Å². The Morgan fingerprint density at radius 2 is 1.76 bits per heavy atom. The number of amides is 1. The minimum Gasteiger partial charge on any atom is -0.305 e. The van der Waals surface area contributed by atoms with Crippen molar-refractivity contribution < 1.29 is 14.5 Å². The van der Waals surface area contributed by atoms with Crippen molar-refractivity contribution in [1.29, 1.82) is 0 Å². The van der Waals surface area contributed by atoms with E-state index in [0.29, 0.717) is 0 Å². The molecule has 1 fully saturated rings. The Bertz CT molecular complexity index is 156. The van der Waals surface area contributed by atoms with E-state index in [1.54, 1.807) is 21.2 Å². The molecule has 5 nitrogen and oxygen atoms in total. The van der Waals surface area contributed by atoms with E-state index in [1.807, 2.05) is 0 Å². The lowest BCUT2D eigenvalue weighted by Gasteiger charge is -2.08. The highest BCUT2D eigenvalue weighted by Gasteiger charge is 1.96. The Balaban J connectivity index is 0. The van der Waals surface area contributed by atoms with Gasteiger partial charge in [0.2, 0.25) is 5.91 Å². The fraction of sp³-hybridized carbons (Fsp3) is 0.900. The minimum absolute atomic E-state index is 0.0949. The average molecular weight is 284 g/mol. The standard InChI is InChI=1S/C4H9NO2.C4H8S2.C2H7NO/c1-4(6)5(2)7-3;1-2-5-4-6-3-1;1-3-4-2/h1-3H3;1-4H2;3H,1-2H3. The summed E-state index contributed by atoms with van der Waals surface area (Å²) in [6.07, 6.45) is 1.43. The zero-order valence-corrected chi connectivity index (χ0v) is 12.9. The summed E-state index contributed by atoms with van der Waals surface area (Å²) in [5.41, 5.74) is 2.43. The van der Waals surface area contributed by atoms with Crippen LogP contribution in [0.1, 0.15) is 13.3 Å². The Labute approximate surface area is 113 Å². The average Bonchev–Trinajstić information content (AvgIpc) is 2.40. The van der Waals surface area contributed by atoms with Gasteiger partial charge in [-0.2, -0.15) is 23.5 Å². The van der Waals surface area contributed by atoms with Crippen LogP contribution >= 0.6 is 23.5 Å². The Hall–Kier alpha value is 0.0500. The van der Waals surface area contributed by atoms with E-state index in [0.717, 1.165) is 5.06 Å². The normalized spacial score (nSPS) is 13.7. The summed E-state index contributed by atoms with van der Waals surface area (Å²) in [7, 11) is 6.28. The van der Waals surface area contributed by atoms with Crippen LogP contribution in [0.15, 0.2) is 0 Å². The molecule has 0 spiro atoms. The van der Waals surface area contributed by atoms with Gasteiger partial charge in [0.15, 0.2) is 0 Å². The summed E-state index contributed by atoms with van der Waals surface area (Å²) in [6.45, 7) is 1.43. The lowest BCUT2D eigenvalue weighted by molar-refractivity contribution is -0.165. The van der Waals surface area contributed by atoms with Gasteiger partial charge in [-0.3, -0.25) is 9.63 Å². The molecule has 17 heavy (non-hydrogen) atoms. The molecule has 104 valence electrons. The number of thioether (sulfide) groups is 2. The third-order valence-electron chi connectivity index (χ3n) is 1.67. The monoisotopic (exact) mass is 284 g/mol. The molecule has 1 amide bonds. The molecule has 0 atom stereocenters. The molecule has 0 radical (unpaired) electrons. The van der Waals surface area contributed by atoms with E-state index in [1.165, 1.54) is 37.0 Å². The maximum atomic E-state index is 10.2. The maximum Gasteiger partial charge on any atom is 0.242 e. The highest BCUT2D eigenvalue weighted by Crippen LogP contribution is 2.19. The van der Waals surface area contributed by atoms with Crippen LogP contribution in [0, 0.1) is 0 Å². The maximum absolute atomic E-state index is 10.2. The fourth-order valence-electron chi connectivity index (χ4n) is 0.568. The predicted octanol–water partition coefficient (Wildman–Crippen LogP) is 1.61. The molecule has 0 aliphatic carbocycles. The summed E-state index contributed by atoms with van der Waals surface area (Å²) in [6, 6.07) is 0. The van der Waals surface area contributed by atoms with Crippen LogP contribution in [0.5, 0.6) is 0 Å². The largest absolute Gasteiger partial charge is 0.305 e. The topological polar surface area (TPSA) is 50.8 Å². The number of carbonyl (C=O) groups excluding carboxylic acids is 1. The van der Waals surface area contributed by atoms with Crippen LogP contribution in [0.3, 0.4) is 0 Å². The molecular weight excluding hydrogens is 260 g/mol. The van der Waals surface area contributed by atoms with E-state index in [9.17, 15) is 4.79 Å². The first-order chi connectivity index (χ1) is 8.09. The van der Waals surface area contributed by atoms with Crippen molar-refractivity contribution in [2.45, 2.75) is 13.3 Å². The van der Waals surface area contributed by atoms with Crippen LogP contribution in [-0.4, -0.2) is 55.9 Å². The van der Waals surface area contributed by atoms with Gasteiger partial charge in [0.05, 0.1) is 14.2 Å². The lowest BCUT2D eigenvalue weighted by Crippen LogP contribution is -2.21. The van der Waals surface area contributed by atoms with Crippen molar-refractivity contribution in [3.05, 3.63) is 0 Å². The van der Waals surface area contributed by atoms with Crippen molar-refractivity contribution >= 4 is 29.4 Å². The molecule has 0 unspecified atom stereocenters. The molecule has 0 aromatic rings. The van der Waals surface area contributed by atoms with Gasteiger partial charge in [-0.05, 0) is 17.9 Å². The quantitative estimate of drug-likeness (QED) is 0.778. The van der Waals surface area contributed by atoms with Crippen molar-refractivity contribution in [3.8, 4) is 0 Å². The van der Waals surface area contributed by atoms with Crippen LogP contribution < -0.4 is 5.48 Å². The van der Waals surface area contributed by atoms with Crippen LogP contribution in [0.2, 0.25) is 0 Å². The van der Waals surface area contributed by atoms with Gasteiger partial charge in [-0.25, -0.2) is 10.5 Å². The SMILES string of the molecule is C1CSCSC1.CNOC.CON(C)C(C)=O. The predicted molar refractivity (Wildman–Crippen MR) is 75.9 cm³/mol. The molecule has 1 aliphatic rings.